The lowest BCUT2D eigenvalue weighted by atomic mass is 9.99. The van der Waals surface area contributed by atoms with Gasteiger partial charge in [-0.2, -0.15) is 0 Å². The number of rotatable bonds is 4. The minimum absolute atomic E-state index is 0.0258. The fourth-order valence-electron chi connectivity index (χ4n) is 3.64. The first-order valence-electron chi connectivity index (χ1n) is 9.56. The van der Waals surface area contributed by atoms with E-state index in [1.807, 2.05) is 24.3 Å². The Balaban J connectivity index is 1.28. The van der Waals surface area contributed by atoms with Crippen molar-refractivity contribution in [2.45, 2.75) is 19.4 Å². The van der Waals surface area contributed by atoms with E-state index < -0.39 is 5.97 Å². The second-order valence-corrected chi connectivity index (χ2v) is 8.22. The molecule has 30 heavy (non-hydrogen) atoms. The van der Waals surface area contributed by atoms with Gasteiger partial charge in [-0.3, -0.25) is 9.59 Å². The number of ether oxygens (including phenoxy) is 2. The summed E-state index contributed by atoms with van der Waals surface area (Å²) in [6, 6.07) is 14.6. The van der Waals surface area contributed by atoms with Crippen LogP contribution >= 0.6 is 11.3 Å². The molecular formula is C23H17NO5S. The minimum atomic E-state index is -0.523. The Morgan fingerprint density at radius 2 is 1.93 bits per heavy atom. The molecule has 2 aliphatic heterocycles. The largest absolute Gasteiger partial charge is 0.488 e. The molecule has 6 nitrogen and oxygen atoms in total. The highest BCUT2D eigenvalue weighted by molar-refractivity contribution is 7.17. The number of para-hydroxylation sites is 1. The van der Waals surface area contributed by atoms with Crippen LogP contribution in [0.1, 0.15) is 37.6 Å². The average Bonchev–Trinajstić information content (AvgIpc) is 3.22. The zero-order chi connectivity index (χ0) is 20.7. The first-order chi connectivity index (χ1) is 14.6. The predicted molar refractivity (Wildman–Crippen MR) is 112 cm³/mol. The third-order valence-corrected chi connectivity index (χ3v) is 6.37. The topological polar surface area (TPSA) is 81.7 Å². The lowest BCUT2D eigenvalue weighted by Gasteiger charge is -2.17. The van der Waals surface area contributed by atoms with E-state index in [1.165, 1.54) is 11.3 Å². The number of Topliss-reactive ketones (excluding diaryl/α,β-unsaturated/α-hetero) is 1. The first kappa shape index (κ1) is 18.6. The lowest BCUT2D eigenvalue weighted by Crippen LogP contribution is -2.20. The van der Waals surface area contributed by atoms with Crippen molar-refractivity contribution in [2.75, 3.05) is 11.9 Å². The van der Waals surface area contributed by atoms with Gasteiger partial charge in [0.15, 0.2) is 12.4 Å². The fraction of sp³-hybridized carbons (Fsp3) is 0.174. The Morgan fingerprint density at radius 1 is 1.07 bits per heavy atom. The molecule has 3 aromatic rings. The maximum Gasteiger partial charge on any atom is 0.348 e. The second-order valence-electron chi connectivity index (χ2n) is 7.17. The Labute approximate surface area is 176 Å². The Bertz CT molecular complexity index is 1200. The summed E-state index contributed by atoms with van der Waals surface area (Å²) in [5.41, 5.74) is 4.00. The van der Waals surface area contributed by atoms with E-state index in [0.717, 1.165) is 33.0 Å². The number of thiophene rings is 1. The van der Waals surface area contributed by atoms with E-state index in [-0.39, 0.29) is 18.3 Å². The highest BCUT2D eigenvalue weighted by atomic mass is 32.1. The molecule has 0 atom stereocenters. The van der Waals surface area contributed by atoms with Crippen LogP contribution in [0.5, 0.6) is 5.75 Å². The predicted octanol–water partition coefficient (Wildman–Crippen LogP) is 4.23. The molecule has 1 N–H and O–H groups in total. The monoisotopic (exact) mass is 419 g/mol. The third-order valence-electron chi connectivity index (χ3n) is 5.18. The molecule has 0 spiro atoms. The molecule has 7 heteroatoms. The zero-order valence-corrected chi connectivity index (χ0v) is 16.7. The molecule has 1 aromatic heterocycles. The normalized spacial score (nSPS) is 13.9. The van der Waals surface area contributed by atoms with Crippen molar-refractivity contribution in [3.05, 3.63) is 70.1 Å². The Kier molecular flexibility index (Phi) is 4.59. The van der Waals surface area contributed by atoms with Crippen LogP contribution in [0, 0.1) is 0 Å². The van der Waals surface area contributed by atoms with Gasteiger partial charge in [0.25, 0.3) is 0 Å². The summed E-state index contributed by atoms with van der Waals surface area (Å²) in [4.78, 5) is 37.9. The smallest absolute Gasteiger partial charge is 0.348 e. The van der Waals surface area contributed by atoms with Crippen LogP contribution in [-0.2, 0) is 22.6 Å². The van der Waals surface area contributed by atoms with Gasteiger partial charge in [0.05, 0.1) is 0 Å². The number of carbonyl (C=O) groups is 3. The molecule has 0 saturated heterocycles. The molecule has 0 bridgehead atoms. The quantitative estimate of drug-likeness (QED) is 0.506. The van der Waals surface area contributed by atoms with Crippen LogP contribution in [0.2, 0.25) is 0 Å². The SMILES string of the molecule is O=C1CCc2cc(C(=O)COC(=O)c3cc4c(s3)-c3ccccc3OC4)ccc2N1. The van der Waals surface area contributed by atoms with E-state index in [9.17, 15) is 14.4 Å². The van der Waals surface area contributed by atoms with Crippen LogP contribution in [0.4, 0.5) is 5.69 Å². The standard InChI is InChI=1S/C23H17NO5S/c25-18(14-5-7-17-13(9-14)6-8-21(26)24-17)12-29-23(27)20-10-15-11-28-19-4-2-1-3-16(19)22(15)30-20/h1-5,7,9-10H,6,8,11-12H2,(H,24,26). The van der Waals surface area contributed by atoms with Gasteiger partial charge in [-0.05, 0) is 48.4 Å². The molecule has 0 radical (unpaired) electrons. The number of amides is 1. The summed E-state index contributed by atoms with van der Waals surface area (Å²) in [6.07, 6.45) is 0.988. The number of nitrogens with one attached hydrogen (secondary N) is 1. The number of aryl methyl sites for hydroxylation is 1. The van der Waals surface area contributed by atoms with Crippen molar-refractivity contribution in [3.63, 3.8) is 0 Å². The second kappa shape index (κ2) is 7.42. The van der Waals surface area contributed by atoms with Gasteiger partial charge in [-0.15, -0.1) is 11.3 Å². The molecule has 0 saturated carbocycles. The molecule has 5 rings (SSSR count). The molecule has 0 fully saturated rings. The lowest BCUT2D eigenvalue weighted by molar-refractivity contribution is -0.116. The zero-order valence-electron chi connectivity index (χ0n) is 15.9. The number of benzene rings is 2. The minimum Gasteiger partial charge on any atom is -0.488 e. The van der Waals surface area contributed by atoms with Crippen molar-refractivity contribution >= 4 is 34.7 Å². The summed E-state index contributed by atoms with van der Waals surface area (Å²) in [6.45, 7) is 0.0698. The van der Waals surface area contributed by atoms with Crippen LogP contribution in [-0.4, -0.2) is 24.3 Å². The summed E-state index contributed by atoms with van der Waals surface area (Å²) in [5, 5.41) is 2.78. The molecule has 2 aliphatic rings. The van der Waals surface area contributed by atoms with Gasteiger partial charge in [0, 0.05) is 33.7 Å². The van der Waals surface area contributed by atoms with Crippen LogP contribution in [0.25, 0.3) is 10.4 Å². The van der Waals surface area contributed by atoms with Crippen molar-refractivity contribution < 1.29 is 23.9 Å². The number of fused-ring (bicyclic) bond motifs is 4. The number of hydrogen-bond donors (Lipinski definition) is 1. The summed E-state index contributed by atoms with van der Waals surface area (Å²) < 4.78 is 11.0. The van der Waals surface area contributed by atoms with Gasteiger partial charge in [0.2, 0.25) is 5.91 Å². The maximum atomic E-state index is 12.5. The number of esters is 1. The van der Waals surface area contributed by atoms with E-state index in [0.29, 0.717) is 29.9 Å². The van der Waals surface area contributed by atoms with Gasteiger partial charge in [0.1, 0.15) is 17.2 Å². The Morgan fingerprint density at radius 3 is 2.83 bits per heavy atom. The third kappa shape index (κ3) is 3.37. The van der Waals surface area contributed by atoms with Crippen molar-refractivity contribution in [1.29, 1.82) is 0 Å². The number of carbonyl (C=O) groups excluding carboxylic acids is 3. The van der Waals surface area contributed by atoms with Gasteiger partial charge >= 0.3 is 5.97 Å². The summed E-state index contributed by atoms with van der Waals surface area (Å²) in [7, 11) is 0. The van der Waals surface area contributed by atoms with Crippen molar-refractivity contribution in [3.8, 4) is 16.2 Å². The molecule has 150 valence electrons. The van der Waals surface area contributed by atoms with E-state index in [4.69, 9.17) is 9.47 Å². The van der Waals surface area contributed by atoms with Crippen LogP contribution < -0.4 is 10.1 Å². The van der Waals surface area contributed by atoms with Crippen LogP contribution in [0.15, 0.2) is 48.5 Å². The first-order valence-corrected chi connectivity index (χ1v) is 10.4. The molecule has 2 aromatic carbocycles. The number of anilines is 1. The van der Waals surface area contributed by atoms with E-state index >= 15 is 0 Å². The van der Waals surface area contributed by atoms with E-state index in [1.54, 1.807) is 24.3 Å². The summed E-state index contributed by atoms with van der Waals surface area (Å²) in [5.74, 6) is -0.0313. The van der Waals surface area contributed by atoms with E-state index in [2.05, 4.69) is 5.32 Å². The van der Waals surface area contributed by atoms with Crippen molar-refractivity contribution in [2.24, 2.45) is 0 Å². The molecule has 0 unspecified atom stereocenters. The number of ketones is 1. The van der Waals surface area contributed by atoms with Gasteiger partial charge < -0.3 is 14.8 Å². The van der Waals surface area contributed by atoms with Crippen LogP contribution in [0.3, 0.4) is 0 Å². The summed E-state index contributed by atoms with van der Waals surface area (Å²) >= 11 is 1.35. The van der Waals surface area contributed by atoms with Gasteiger partial charge in [-0.25, -0.2) is 4.79 Å². The average molecular weight is 419 g/mol. The molecule has 3 heterocycles. The Hall–Kier alpha value is -3.45. The fourth-order valence-corrected chi connectivity index (χ4v) is 4.73. The van der Waals surface area contributed by atoms with Gasteiger partial charge in [-0.1, -0.05) is 12.1 Å². The maximum absolute atomic E-state index is 12.5. The van der Waals surface area contributed by atoms with Crippen molar-refractivity contribution in [1.82, 2.24) is 0 Å². The highest BCUT2D eigenvalue weighted by Crippen LogP contribution is 2.42. The molecular weight excluding hydrogens is 402 g/mol. The number of hydrogen-bond acceptors (Lipinski definition) is 6. The highest BCUT2D eigenvalue weighted by Gasteiger charge is 2.24. The molecule has 1 amide bonds. The molecule has 0 aliphatic carbocycles.